The van der Waals surface area contributed by atoms with Gasteiger partial charge in [-0.25, -0.2) is 0 Å². The van der Waals surface area contributed by atoms with Crippen LogP contribution in [0.2, 0.25) is 0 Å². The van der Waals surface area contributed by atoms with Crippen molar-refractivity contribution in [3.8, 4) is 11.5 Å². The summed E-state index contributed by atoms with van der Waals surface area (Å²) in [5, 5.41) is 0. The number of amides is 3. The fourth-order valence-corrected chi connectivity index (χ4v) is 4.28. The van der Waals surface area contributed by atoms with Crippen LogP contribution >= 0.6 is 0 Å². The molecule has 0 spiro atoms. The van der Waals surface area contributed by atoms with Crippen molar-refractivity contribution in [2.75, 3.05) is 46.1 Å². The van der Waals surface area contributed by atoms with Crippen molar-refractivity contribution in [3.63, 3.8) is 0 Å². The molecule has 3 aliphatic rings. The summed E-state index contributed by atoms with van der Waals surface area (Å²) in [6.07, 6.45) is 0.710. The Kier molecular flexibility index (Phi) is 5.07. The number of imide groups is 1. The summed E-state index contributed by atoms with van der Waals surface area (Å²) in [6.45, 7) is 4.17. The van der Waals surface area contributed by atoms with E-state index in [-0.39, 0.29) is 24.5 Å². The van der Waals surface area contributed by atoms with E-state index in [1.165, 1.54) is 4.90 Å². The van der Waals surface area contributed by atoms with E-state index in [2.05, 4.69) is 4.90 Å². The lowest BCUT2D eigenvalue weighted by atomic mass is 10.1. The number of hydrogen-bond donors (Lipinski definition) is 0. The minimum atomic E-state index is -0.209. The number of carbonyl (C=O) groups is 3. The standard InChI is InChI=1S/C23H23N3O5/c27-21(16-6-7-19-20(14-16)31-15-30-19)25-12-10-24(11-13-25)8-3-9-26-22(28)17-4-1-2-5-18(17)23(26)29/h1-2,4-7,14H,3,8-13,15H2. The summed E-state index contributed by atoms with van der Waals surface area (Å²) in [6, 6.07) is 12.2. The van der Waals surface area contributed by atoms with Gasteiger partial charge in [-0.3, -0.25) is 24.2 Å². The smallest absolute Gasteiger partial charge is 0.261 e. The van der Waals surface area contributed by atoms with Crippen molar-refractivity contribution >= 4 is 17.7 Å². The molecule has 0 N–H and O–H groups in total. The van der Waals surface area contributed by atoms with Crippen molar-refractivity contribution in [1.82, 2.24) is 14.7 Å². The molecule has 0 atom stereocenters. The van der Waals surface area contributed by atoms with Gasteiger partial charge < -0.3 is 14.4 Å². The lowest BCUT2D eigenvalue weighted by Crippen LogP contribution is -2.49. The second-order valence-electron chi connectivity index (χ2n) is 7.86. The molecule has 2 aromatic carbocycles. The summed E-state index contributed by atoms with van der Waals surface area (Å²) < 4.78 is 10.7. The lowest BCUT2D eigenvalue weighted by Gasteiger charge is -2.35. The van der Waals surface area contributed by atoms with Gasteiger partial charge in [0.25, 0.3) is 17.7 Å². The molecule has 3 amide bonds. The maximum atomic E-state index is 12.8. The van der Waals surface area contributed by atoms with Gasteiger partial charge in [0.2, 0.25) is 6.79 Å². The summed E-state index contributed by atoms with van der Waals surface area (Å²) in [7, 11) is 0. The molecule has 31 heavy (non-hydrogen) atoms. The molecule has 0 bridgehead atoms. The quantitative estimate of drug-likeness (QED) is 0.686. The van der Waals surface area contributed by atoms with Crippen LogP contribution < -0.4 is 9.47 Å². The maximum absolute atomic E-state index is 12.8. The number of carbonyl (C=O) groups excluding carboxylic acids is 3. The van der Waals surface area contributed by atoms with Gasteiger partial charge in [0.15, 0.2) is 11.5 Å². The summed E-state index contributed by atoms with van der Waals surface area (Å²) >= 11 is 0. The van der Waals surface area contributed by atoms with Crippen LogP contribution in [0.25, 0.3) is 0 Å². The van der Waals surface area contributed by atoms with Crippen LogP contribution in [0, 0.1) is 0 Å². The van der Waals surface area contributed by atoms with Gasteiger partial charge in [0.1, 0.15) is 0 Å². The number of piperazine rings is 1. The fraction of sp³-hybridized carbons (Fsp3) is 0.348. The number of hydrogen-bond acceptors (Lipinski definition) is 6. The van der Waals surface area contributed by atoms with E-state index in [0.717, 1.165) is 19.6 Å². The topological polar surface area (TPSA) is 79.4 Å². The highest BCUT2D eigenvalue weighted by atomic mass is 16.7. The first-order chi connectivity index (χ1) is 15.1. The molecule has 5 rings (SSSR count). The fourth-order valence-electron chi connectivity index (χ4n) is 4.28. The Morgan fingerprint density at radius 1 is 0.839 bits per heavy atom. The maximum Gasteiger partial charge on any atom is 0.261 e. The van der Waals surface area contributed by atoms with Crippen LogP contribution in [0.4, 0.5) is 0 Å². The SMILES string of the molecule is O=C(c1ccc2c(c1)OCO2)N1CCN(CCCN2C(=O)c3ccccc3C2=O)CC1. The first kappa shape index (κ1) is 19.6. The van der Waals surface area contributed by atoms with Gasteiger partial charge in [0, 0.05) is 38.3 Å². The molecule has 1 fully saturated rings. The monoisotopic (exact) mass is 421 g/mol. The van der Waals surface area contributed by atoms with Crippen LogP contribution in [0.15, 0.2) is 42.5 Å². The Bertz CT molecular complexity index is 1010. The third-order valence-electron chi connectivity index (χ3n) is 6.01. The number of benzene rings is 2. The molecule has 8 heteroatoms. The molecule has 2 aromatic rings. The summed E-state index contributed by atoms with van der Waals surface area (Å²) in [5.41, 5.74) is 1.58. The lowest BCUT2D eigenvalue weighted by molar-refractivity contribution is 0.0595. The van der Waals surface area contributed by atoms with Gasteiger partial charge in [-0.15, -0.1) is 0 Å². The molecule has 3 heterocycles. The Labute approximate surface area is 179 Å². The molecule has 0 radical (unpaired) electrons. The van der Waals surface area contributed by atoms with Crippen molar-refractivity contribution < 1.29 is 23.9 Å². The molecule has 1 saturated heterocycles. The average Bonchev–Trinajstić information content (AvgIpc) is 3.37. The van der Waals surface area contributed by atoms with E-state index < -0.39 is 0 Å². The molecular weight excluding hydrogens is 398 g/mol. The van der Waals surface area contributed by atoms with Gasteiger partial charge in [0.05, 0.1) is 11.1 Å². The predicted octanol–water partition coefficient (Wildman–Crippen LogP) is 1.86. The van der Waals surface area contributed by atoms with Crippen LogP contribution in [0.3, 0.4) is 0 Å². The third kappa shape index (κ3) is 3.63. The van der Waals surface area contributed by atoms with Crippen molar-refractivity contribution in [1.29, 1.82) is 0 Å². The molecule has 160 valence electrons. The van der Waals surface area contributed by atoms with Crippen LogP contribution in [-0.4, -0.2) is 78.5 Å². The van der Waals surface area contributed by atoms with Crippen molar-refractivity contribution in [3.05, 3.63) is 59.2 Å². The van der Waals surface area contributed by atoms with Crippen LogP contribution in [0.5, 0.6) is 11.5 Å². The minimum Gasteiger partial charge on any atom is -0.454 e. The van der Waals surface area contributed by atoms with Crippen molar-refractivity contribution in [2.45, 2.75) is 6.42 Å². The Morgan fingerprint density at radius 2 is 1.52 bits per heavy atom. The molecule has 8 nitrogen and oxygen atoms in total. The highest BCUT2D eigenvalue weighted by Gasteiger charge is 2.34. The zero-order chi connectivity index (χ0) is 21.4. The van der Waals surface area contributed by atoms with E-state index >= 15 is 0 Å². The van der Waals surface area contributed by atoms with Crippen molar-refractivity contribution in [2.24, 2.45) is 0 Å². The molecule has 0 aliphatic carbocycles. The first-order valence-electron chi connectivity index (χ1n) is 10.5. The zero-order valence-electron chi connectivity index (χ0n) is 17.1. The van der Waals surface area contributed by atoms with E-state index in [9.17, 15) is 14.4 Å². The molecule has 0 saturated carbocycles. The largest absolute Gasteiger partial charge is 0.454 e. The number of ether oxygens (including phenoxy) is 2. The number of nitrogens with zero attached hydrogens (tertiary/aromatic N) is 3. The van der Waals surface area contributed by atoms with Gasteiger partial charge in [-0.2, -0.15) is 0 Å². The Balaban J connectivity index is 1.10. The number of fused-ring (bicyclic) bond motifs is 2. The Hall–Kier alpha value is -3.39. The van der Waals surface area contributed by atoms with E-state index in [1.807, 2.05) is 4.90 Å². The van der Waals surface area contributed by atoms with Gasteiger partial charge in [-0.05, 0) is 43.3 Å². The highest BCUT2D eigenvalue weighted by molar-refractivity contribution is 6.21. The molecule has 0 unspecified atom stereocenters. The summed E-state index contributed by atoms with van der Waals surface area (Å²) in [4.78, 5) is 43.1. The average molecular weight is 421 g/mol. The molecule has 0 aromatic heterocycles. The van der Waals surface area contributed by atoms with Gasteiger partial charge >= 0.3 is 0 Å². The predicted molar refractivity (Wildman–Crippen MR) is 111 cm³/mol. The minimum absolute atomic E-state index is 0.0102. The van der Waals surface area contributed by atoms with E-state index in [0.29, 0.717) is 54.2 Å². The van der Waals surface area contributed by atoms with Crippen LogP contribution in [-0.2, 0) is 0 Å². The second kappa shape index (κ2) is 8.03. The normalized spacial score (nSPS) is 17.9. The number of rotatable bonds is 5. The molecule has 3 aliphatic heterocycles. The van der Waals surface area contributed by atoms with E-state index in [1.54, 1.807) is 42.5 Å². The Morgan fingerprint density at radius 3 is 2.23 bits per heavy atom. The first-order valence-corrected chi connectivity index (χ1v) is 10.5. The second-order valence-corrected chi connectivity index (χ2v) is 7.86. The highest BCUT2D eigenvalue weighted by Crippen LogP contribution is 2.33. The summed E-state index contributed by atoms with van der Waals surface area (Å²) in [5.74, 6) is 0.848. The third-order valence-corrected chi connectivity index (χ3v) is 6.01. The zero-order valence-corrected chi connectivity index (χ0v) is 17.1. The van der Waals surface area contributed by atoms with Crippen LogP contribution in [0.1, 0.15) is 37.5 Å². The molecular formula is C23H23N3O5. The van der Waals surface area contributed by atoms with Gasteiger partial charge in [-0.1, -0.05) is 12.1 Å². The van der Waals surface area contributed by atoms with E-state index in [4.69, 9.17) is 9.47 Å².